The average Bonchev–Trinajstić information content (AvgIpc) is 2.94. The SMILES string of the molecule is O=C(NOCc1ccccc1)[C@@H]1c2ccccc2C(=O)N([C@H]2CN3CCC2CC3)[C@H]1c1ccc(Cl)cc1. The molecule has 190 valence electrons. The van der Waals surface area contributed by atoms with E-state index in [0.717, 1.165) is 49.2 Å². The molecule has 0 unspecified atom stereocenters. The van der Waals surface area contributed by atoms with Gasteiger partial charge in [0.15, 0.2) is 0 Å². The quantitative estimate of drug-likeness (QED) is 0.471. The molecule has 0 saturated carbocycles. The third kappa shape index (κ3) is 4.65. The minimum Gasteiger partial charge on any atom is -0.326 e. The Morgan fingerprint density at radius 1 is 0.946 bits per heavy atom. The Bertz CT molecular complexity index is 1270. The number of fused-ring (bicyclic) bond motifs is 4. The topological polar surface area (TPSA) is 61.9 Å². The van der Waals surface area contributed by atoms with Crippen molar-refractivity contribution in [2.45, 2.75) is 37.5 Å². The van der Waals surface area contributed by atoms with Crippen LogP contribution in [0.1, 0.15) is 51.8 Å². The molecule has 2 amide bonds. The van der Waals surface area contributed by atoms with Crippen molar-refractivity contribution in [3.8, 4) is 0 Å². The first-order valence-electron chi connectivity index (χ1n) is 12.9. The Hall–Kier alpha value is -3.19. The number of nitrogens with one attached hydrogen (secondary N) is 1. The molecule has 0 aliphatic carbocycles. The van der Waals surface area contributed by atoms with Gasteiger partial charge in [-0.3, -0.25) is 14.4 Å². The first-order chi connectivity index (χ1) is 18.1. The number of amides is 2. The van der Waals surface area contributed by atoms with Gasteiger partial charge >= 0.3 is 0 Å². The highest BCUT2D eigenvalue weighted by Gasteiger charge is 2.50. The van der Waals surface area contributed by atoms with Crippen molar-refractivity contribution in [2.24, 2.45) is 5.92 Å². The average molecular weight is 516 g/mol. The maximum absolute atomic E-state index is 14.1. The highest BCUT2D eigenvalue weighted by molar-refractivity contribution is 6.30. The molecular weight excluding hydrogens is 486 g/mol. The van der Waals surface area contributed by atoms with Crippen molar-refractivity contribution < 1.29 is 14.4 Å². The van der Waals surface area contributed by atoms with E-state index in [2.05, 4.69) is 10.4 Å². The minimum absolute atomic E-state index is 0.0106. The number of hydroxylamine groups is 1. The van der Waals surface area contributed by atoms with E-state index >= 15 is 0 Å². The van der Waals surface area contributed by atoms with Crippen LogP contribution in [0, 0.1) is 5.92 Å². The Morgan fingerprint density at radius 3 is 2.35 bits per heavy atom. The summed E-state index contributed by atoms with van der Waals surface area (Å²) >= 11 is 6.24. The summed E-state index contributed by atoms with van der Waals surface area (Å²) in [5.74, 6) is -0.473. The Labute approximate surface area is 222 Å². The molecule has 3 fully saturated rings. The summed E-state index contributed by atoms with van der Waals surface area (Å²) in [6.07, 6.45) is 2.14. The number of piperidine rings is 3. The van der Waals surface area contributed by atoms with Crippen LogP contribution in [0.5, 0.6) is 0 Å². The molecule has 2 bridgehead atoms. The van der Waals surface area contributed by atoms with E-state index in [1.807, 2.05) is 83.8 Å². The van der Waals surface area contributed by atoms with Crippen LogP contribution in [-0.4, -0.2) is 47.3 Å². The monoisotopic (exact) mass is 515 g/mol. The Morgan fingerprint density at radius 2 is 1.65 bits per heavy atom. The van der Waals surface area contributed by atoms with Gasteiger partial charge in [0.05, 0.1) is 18.6 Å². The molecule has 3 saturated heterocycles. The molecule has 1 N–H and O–H groups in total. The lowest BCUT2D eigenvalue weighted by molar-refractivity contribution is -0.138. The number of nitrogens with zero attached hydrogens (tertiary/aromatic N) is 2. The zero-order chi connectivity index (χ0) is 25.4. The van der Waals surface area contributed by atoms with Crippen molar-refractivity contribution in [2.75, 3.05) is 19.6 Å². The fourth-order valence-corrected chi connectivity index (χ4v) is 6.42. The van der Waals surface area contributed by atoms with Gasteiger partial charge in [0.2, 0.25) is 0 Å². The van der Waals surface area contributed by atoms with E-state index in [0.29, 0.717) is 16.5 Å². The molecule has 0 radical (unpaired) electrons. The molecule has 4 aliphatic rings. The van der Waals surface area contributed by atoms with Crippen molar-refractivity contribution in [1.82, 2.24) is 15.3 Å². The molecule has 7 rings (SSSR count). The van der Waals surface area contributed by atoms with Gasteiger partial charge in [-0.05, 0) is 66.7 Å². The number of carbonyl (C=O) groups is 2. The lowest BCUT2D eigenvalue weighted by Gasteiger charge is -2.53. The largest absolute Gasteiger partial charge is 0.326 e. The van der Waals surface area contributed by atoms with E-state index in [9.17, 15) is 9.59 Å². The van der Waals surface area contributed by atoms with Crippen molar-refractivity contribution in [1.29, 1.82) is 0 Å². The van der Waals surface area contributed by atoms with Crippen LogP contribution in [0.15, 0.2) is 78.9 Å². The van der Waals surface area contributed by atoms with Gasteiger partial charge in [-0.15, -0.1) is 0 Å². The van der Waals surface area contributed by atoms with Crippen LogP contribution in [0.3, 0.4) is 0 Å². The van der Waals surface area contributed by atoms with Gasteiger partial charge in [0, 0.05) is 23.2 Å². The fourth-order valence-electron chi connectivity index (χ4n) is 6.29. The standard InChI is InChI=1S/C30H30ClN3O3/c31-23-12-10-22(11-13-23)28-27(29(35)32-37-19-20-6-2-1-3-7-20)24-8-4-5-9-25(24)30(36)34(28)26-18-33-16-14-21(26)15-17-33/h1-13,21,26-28H,14-19H2,(H,32,35)/t26-,27+,28-/m0/s1. The number of halogens is 1. The highest BCUT2D eigenvalue weighted by Crippen LogP contribution is 2.47. The third-order valence-electron chi connectivity index (χ3n) is 8.10. The maximum atomic E-state index is 14.1. The van der Waals surface area contributed by atoms with Gasteiger partial charge in [0.25, 0.3) is 11.8 Å². The molecule has 3 aromatic carbocycles. The lowest BCUT2D eigenvalue weighted by Crippen LogP contribution is -2.61. The van der Waals surface area contributed by atoms with Crippen LogP contribution in [0.25, 0.3) is 0 Å². The summed E-state index contributed by atoms with van der Waals surface area (Å²) < 4.78 is 0. The van der Waals surface area contributed by atoms with Gasteiger partial charge in [-0.2, -0.15) is 0 Å². The smallest absolute Gasteiger partial charge is 0.255 e. The van der Waals surface area contributed by atoms with Crippen molar-refractivity contribution in [3.05, 3.63) is 106 Å². The highest BCUT2D eigenvalue weighted by atomic mass is 35.5. The molecule has 7 heteroatoms. The Kier molecular flexibility index (Phi) is 6.72. The predicted molar refractivity (Wildman–Crippen MR) is 142 cm³/mol. The van der Waals surface area contributed by atoms with Crippen LogP contribution in [-0.2, 0) is 16.2 Å². The van der Waals surface area contributed by atoms with Crippen molar-refractivity contribution in [3.63, 3.8) is 0 Å². The summed E-state index contributed by atoms with van der Waals surface area (Å²) in [6, 6.07) is 24.3. The molecule has 6 nitrogen and oxygen atoms in total. The second-order valence-corrected chi connectivity index (χ2v) is 10.7. The van der Waals surface area contributed by atoms with Crippen LogP contribution in [0.4, 0.5) is 0 Å². The zero-order valence-corrected chi connectivity index (χ0v) is 21.3. The molecule has 3 aromatic rings. The van der Waals surface area contributed by atoms with Crippen LogP contribution < -0.4 is 5.48 Å². The predicted octanol–water partition coefficient (Wildman–Crippen LogP) is 4.96. The molecule has 0 aromatic heterocycles. The van der Waals surface area contributed by atoms with Gasteiger partial charge < -0.3 is 9.80 Å². The fraction of sp³-hybridized carbons (Fsp3) is 0.333. The number of hydrogen-bond donors (Lipinski definition) is 1. The van der Waals surface area contributed by atoms with Gasteiger partial charge in [-0.25, -0.2) is 5.48 Å². The summed E-state index contributed by atoms with van der Waals surface area (Å²) in [6.45, 7) is 3.24. The lowest BCUT2D eigenvalue weighted by atomic mass is 9.75. The first-order valence-corrected chi connectivity index (χ1v) is 13.3. The van der Waals surface area contributed by atoms with Crippen LogP contribution in [0.2, 0.25) is 5.02 Å². The van der Waals surface area contributed by atoms with Gasteiger partial charge in [0.1, 0.15) is 0 Å². The summed E-state index contributed by atoms with van der Waals surface area (Å²) in [7, 11) is 0. The van der Waals surface area contributed by atoms with E-state index in [1.54, 1.807) is 0 Å². The number of benzene rings is 3. The van der Waals surface area contributed by atoms with Crippen LogP contribution >= 0.6 is 11.6 Å². The second-order valence-electron chi connectivity index (χ2n) is 10.2. The molecule has 37 heavy (non-hydrogen) atoms. The maximum Gasteiger partial charge on any atom is 0.255 e. The molecule has 4 aliphatic heterocycles. The van der Waals surface area contributed by atoms with E-state index in [1.165, 1.54) is 0 Å². The normalized spacial score (nSPS) is 26.6. The summed E-state index contributed by atoms with van der Waals surface area (Å²) in [4.78, 5) is 38.1. The molecule has 4 heterocycles. The third-order valence-corrected chi connectivity index (χ3v) is 8.36. The number of carbonyl (C=O) groups excluding carboxylic acids is 2. The molecule has 3 atom stereocenters. The van der Waals surface area contributed by atoms with E-state index in [4.69, 9.17) is 16.4 Å². The van der Waals surface area contributed by atoms with E-state index in [-0.39, 0.29) is 24.5 Å². The second kappa shape index (κ2) is 10.3. The van der Waals surface area contributed by atoms with Gasteiger partial charge in [-0.1, -0.05) is 72.3 Å². The minimum atomic E-state index is -0.624. The van der Waals surface area contributed by atoms with Crippen molar-refractivity contribution >= 4 is 23.4 Å². The summed E-state index contributed by atoms with van der Waals surface area (Å²) in [5, 5.41) is 0.618. The summed E-state index contributed by atoms with van der Waals surface area (Å²) in [5.41, 5.74) is 5.89. The number of rotatable bonds is 6. The Balaban J connectivity index is 1.39. The van der Waals surface area contributed by atoms with E-state index < -0.39 is 12.0 Å². The zero-order valence-electron chi connectivity index (χ0n) is 20.6. The molecule has 0 spiro atoms. The number of hydrogen-bond acceptors (Lipinski definition) is 4. The first kappa shape index (κ1) is 24.2. The molecular formula is C30H30ClN3O3.